The summed E-state index contributed by atoms with van der Waals surface area (Å²) < 4.78 is 26.2. The van der Waals surface area contributed by atoms with Crippen molar-refractivity contribution in [1.29, 1.82) is 0 Å². The summed E-state index contributed by atoms with van der Waals surface area (Å²) in [5.41, 5.74) is 0.909. The number of rotatable bonds is 6. The summed E-state index contributed by atoms with van der Waals surface area (Å²) in [6.07, 6.45) is 0.833. The van der Waals surface area contributed by atoms with Crippen LogP contribution in [0.1, 0.15) is 29.5 Å². The van der Waals surface area contributed by atoms with E-state index in [1.807, 2.05) is 26.0 Å². The lowest BCUT2D eigenvalue weighted by Gasteiger charge is -2.10. The fourth-order valence-electron chi connectivity index (χ4n) is 3.68. The first-order valence-corrected chi connectivity index (χ1v) is 10.1. The SMILES string of the molecule is CCc1ccc([C@@H]2[C@@H](S(=O)(=O)c3ccc(C)cc3)[C@@]2(CO)C(=O)O)cc1. The summed E-state index contributed by atoms with van der Waals surface area (Å²) in [5, 5.41) is 18.4. The van der Waals surface area contributed by atoms with Gasteiger partial charge in [0.15, 0.2) is 9.84 Å². The molecule has 1 aliphatic carbocycles. The lowest BCUT2D eigenvalue weighted by Crippen LogP contribution is -2.27. The van der Waals surface area contributed by atoms with Crippen molar-refractivity contribution in [1.82, 2.24) is 0 Å². The summed E-state index contributed by atoms with van der Waals surface area (Å²) in [4.78, 5) is 12.0. The molecule has 2 aromatic carbocycles. The zero-order chi connectivity index (χ0) is 19.1. The van der Waals surface area contributed by atoms with Crippen LogP contribution < -0.4 is 0 Å². The van der Waals surface area contributed by atoms with E-state index in [9.17, 15) is 23.4 Å². The topological polar surface area (TPSA) is 91.7 Å². The third-order valence-electron chi connectivity index (χ3n) is 5.35. The molecule has 2 N–H and O–H groups in total. The summed E-state index contributed by atoms with van der Waals surface area (Å²) in [7, 11) is -3.90. The molecule has 3 atom stereocenters. The van der Waals surface area contributed by atoms with Gasteiger partial charge in [-0.2, -0.15) is 0 Å². The number of hydrogen-bond donors (Lipinski definition) is 2. The van der Waals surface area contributed by atoms with E-state index in [2.05, 4.69) is 0 Å². The smallest absolute Gasteiger partial charge is 0.314 e. The molecule has 138 valence electrons. The fraction of sp³-hybridized carbons (Fsp3) is 0.350. The molecule has 0 bridgehead atoms. The van der Waals surface area contributed by atoms with E-state index in [0.717, 1.165) is 17.5 Å². The highest BCUT2D eigenvalue weighted by Crippen LogP contribution is 2.64. The van der Waals surface area contributed by atoms with Crippen LogP contribution in [-0.2, 0) is 21.1 Å². The lowest BCUT2D eigenvalue weighted by molar-refractivity contribution is -0.145. The summed E-state index contributed by atoms with van der Waals surface area (Å²) in [5.74, 6) is -2.06. The van der Waals surface area contributed by atoms with Gasteiger partial charge < -0.3 is 10.2 Å². The van der Waals surface area contributed by atoms with E-state index in [1.54, 1.807) is 24.3 Å². The maximum Gasteiger partial charge on any atom is 0.314 e. The molecule has 5 nitrogen and oxygen atoms in total. The molecule has 1 saturated carbocycles. The first-order chi connectivity index (χ1) is 12.3. The Balaban J connectivity index is 2.08. The van der Waals surface area contributed by atoms with Gasteiger partial charge in [-0.1, -0.05) is 48.9 Å². The highest BCUT2D eigenvalue weighted by molar-refractivity contribution is 7.92. The summed E-state index contributed by atoms with van der Waals surface area (Å²) in [6.45, 7) is 3.13. The minimum absolute atomic E-state index is 0.0832. The van der Waals surface area contributed by atoms with Crippen LogP contribution in [0.2, 0.25) is 0 Å². The van der Waals surface area contributed by atoms with Gasteiger partial charge in [-0.05, 0) is 36.6 Å². The second kappa shape index (κ2) is 6.52. The molecule has 0 radical (unpaired) electrons. The third kappa shape index (κ3) is 2.73. The normalized spacial score (nSPS) is 25.0. The minimum atomic E-state index is -3.90. The molecular formula is C20H22O5S. The predicted molar refractivity (Wildman–Crippen MR) is 97.9 cm³/mol. The van der Waals surface area contributed by atoms with Crippen LogP contribution in [0.25, 0.3) is 0 Å². The maximum atomic E-state index is 13.1. The van der Waals surface area contributed by atoms with Gasteiger partial charge in [-0.25, -0.2) is 8.42 Å². The highest BCUT2D eigenvalue weighted by atomic mass is 32.2. The number of aryl methyl sites for hydroxylation is 2. The van der Waals surface area contributed by atoms with Gasteiger partial charge in [0.1, 0.15) is 5.41 Å². The van der Waals surface area contributed by atoms with Crippen molar-refractivity contribution in [3.8, 4) is 0 Å². The van der Waals surface area contributed by atoms with Crippen molar-refractivity contribution in [2.45, 2.75) is 36.3 Å². The molecule has 1 fully saturated rings. The fourth-order valence-corrected chi connectivity index (χ4v) is 6.04. The van der Waals surface area contributed by atoms with E-state index in [4.69, 9.17) is 0 Å². The molecule has 0 spiro atoms. The van der Waals surface area contributed by atoms with Crippen LogP contribution in [0.5, 0.6) is 0 Å². The summed E-state index contributed by atoms with van der Waals surface area (Å²) >= 11 is 0. The van der Waals surface area contributed by atoms with Gasteiger partial charge in [-0.15, -0.1) is 0 Å². The maximum absolute atomic E-state index is 13.1. The molecular weight excluding hydrogens is 352 g/mol. The van der Waals surface area contributed by atoms with Gasteiger partial charge in [0, 0.05) is 5.92 Å². The van der Waals surface area contributed by atoms with Crippen molar-refractivity contribution in [2.24, 2.45) is 5.41 Å². The van der Waals surface area contributed by atoms with E-state index >= 15 is 0 Å². The number of carboxylic acids is 1. The Morgan fingerprint density at radius 3 is 2.12 bits per heavy atom. The van der Waals surface area contributed by atoms with Crippen LogP contribution in [-0.4, -0.2) is 36.5 Å². The molecule has 2 aromatic rings. The Kier molecular flexibility index (Phi) is 4.67. The van der Waals surface area contributed by atoms with E-state index in [-0.39, 0.29) is 4.90 Å². The number of hydrogen-bond acceptors (Lipinski definition) is 4. The second-order valence-corrected chi connectivity index (χ2v) is 8.92. The van der Waals surface area contributed by atoms with Crippen LogP contribution in [0.15, 0.2) is 53.4 Å². The standard InChI is InChI=1S/C20H22O5S/c1-3-14-6-8-15(9-7-14)17-18(20(17,12-21)19(22)23)26(24,25)16-10-4-13(2)5-11-16/h4-11,17-18,21H,3,12H2,1-2H3,(H,22,23)/t17-,18-,20+/m1/s1. The molecule has 0 heterocycles. The molecule has 1 aliphatic rings. The number of aliphatic hydroxyl groups is 1. The zero-order valence-corrected chi connectivity index (χ0v) is 15.5. The molecule has 0 unspecified atom stereocenters. The molecule has 0 amide bonds. The lowest BCUT2D eigenvalue weighted by atomic mass is 9.99. The quantitative estimate of drug-likeness (QED) is 0.811. The minimum Gasteiger partial charge on any atom is -0.481 e. The summed E-state index contributed by atoms with van der Waals surface area (Å²) in [6, 6.07) is 13.6. The first kappa shape index (κ1) is 18.6. The van der Waals surface area contributed by atoms with Gasteiger partial charge >= 0.3 is 5.97 Å². The number of carbonyl (C=O) groups is 1. The molecule has 0 aliphatic heterocycles. The highest BCUT2D eigenvalue weighted by Gasteiger charge is 2.75. The van der Waals surface area contributed by atoms with Crippen LogP contribution in [0, 0.1) is 12.3 Å². The Morgan fingerprint density at radius 2 is 1.65 bits per heavy atom. The Hall–Kier alpha value is -2.18. The molecule has 0 saturated heterocycles. The molecule has 3 rings (SSSR count). The number of benzene rings is 2. The predicted octanol–water partition coefficient (Wildman–Crippen LogP) is 2.56. The zero-order valence-electron chi connectivity index (χ0n) is 14.7. The molecule has 6 heteroatoms. The van der Waals surface area contributed by atoms with E-state index in [1.165, 1.54) is 12.1 Å². The Labute approximate surface area is 153 Å². The van der Waals surface area contributed by atoms with Gasteiger partial charge in [-0.3, -0.25) is 4.79 Å². The Bertz CT molecular complexity index is 916. The Morgan fingerprint density at radius 1 is 1.08 bits per heavy atom. The van der Waals surface area contributed by atoms with Crippen molar-refractivity contribution in [3.05, 3.63) is 65.2 Å². The van der Waals surface area contributed by atoms with Crippen LogP contribution in [0.4, 0.5) is 0 Å². The monoisotopic (exact) mass is 374 g/mol. The number of sulfone groups is 1. The first-order valence-electron chi connectivity index (χ1n) is 8.52. The van der Waals surface area contributed by atoms with Gasteiger partial charge in [0.2, 0.25) is 0 Å². The van der Waals surface area contributed by atoms with Crippen molar-refractivity contribution in [3.63, 3.8) is 0 Å². The van der Waals surface area contributed by atoms with E-state index in [0.29, 0.717) is 5.56 Å². The average Bonchev–Trinajstić information content (AvgIpc) is 3.34. The molecule has 26 heavy (non-hydrogen) atoms. The second-order valence-electron chi connectivity index (χ2n) is 6.86. The van der Waals surface area contributed by atoms with Crippen molar-refractivity contribution < 1.29 is 23.4 Å². The number of aliphatic hydroxyl groups excluding tert-OH is 1. The van der Waals surface area contributed by atoms with Gasteiger partial charge in [0.25, 0.3) is 0 Å². The average molecular weight is 374 g/mol. The third-order valence-corrected chi connectivity index (χ3v) is 7.64. The van der Waals surface area contributed by atoms with Crippen molar-refractivity contribution >= 4 is 15.8 Å². The largest absolute Gasteiger partial charge is 0.481 e. The van der Waals surface area contributed by atoms with Gasteiger partial charge in [0.05, 0.1) is 16.8 Å². The van der Waals surface area contributed by atoms with E-state index < -0.39 is 39.0 Å². The van der Waals surface area contributed by atoms with Crippen LogP contribution in [0.3, 0.4) is 0 Å². The van der Waals surface area contributed by atoms with Crippen LogP contribution >= 0.6 is 0 Å². The number of aliphatic carboxylic acids is 1. The number of carboxylic acid groups (broad SMARTS) is 1. The molecule has 0 aromatic heterocycles. The van der Waals surface area contributed by atoms with Crippen molar-refractivity contribution in [2.75, 3.05) is 6.61 Å².